The number of carbonyl (C=O) groups excluding carboxylic acids is 2. The third kappa shape index (κ3) is 36.4. The standard InChI is InChI=1S/C44H85NO5/c1-4-7-10-13-16-25-32-41-49-43(47)35-28-21-17-23-30-37-45(39-40-46)38-31-24-18-22-29-36-44(48)50-42(33-26-19-14-11-8-5-2)34-27-20-15-12-9-6-3/h14,19,42,46H,4-13,15-18,20-41H2,1-3H3/b19-14-. The van der Waals surface area contributed by atoms with Crippen molar-refractivity contribution in [1.29, 1.82) is 0 Å². The van der Waals surface area contributed by atoms with Gasteiger partial charge >= 0.3 is 11.9 Å². The van der Waals surface area contributed by atoms with E-state index in [1.807, 2.05) is 0 Å². The summed E-state index contributed by atoms with van der Waals surface area (Å²) < 4.78 is 11.4. The van der Waals surface area contributed by atoms with E-state index in [2.05, 4.69) is 37.8 Å². The van der Waals surface area contributed by atoms with E-state index in [4.69, 9.17) is 9.47 Å². The van der Waals surface area contributed by atoms with E-state index >= 15 is 0 Å². The lowest BCUT2D eigenvalue weighted by atomic mass is 10.0. The number of hydrogen-bond donors (Lipinski definition) is 1. The molecular formula is C44H85NO5. The van der Waals surface area contributed by atoms with E-state index in [-0.39, 0.29) is 24.6 Å². The zero-order valence-corrected chi connectivity index (χ0v) is 33.7. The van der Waals surface area contributed by atoms with Gasteiger partial charge in [-0.05, 0) is 77.3 Å². The van der Waals surface area contributed by atoms with Crippen LogP contribution in [-0.4, -0.2) is 60.9 Å². The van der Waals surface area contributed by atoms with Gasteiger partial charge in [-0.3, -0.25) is 9.59 Å². The van der Waals surface area contributed by atoms with E-state index in [0.717, 1.165) is 116 Å². The average Bonchev–Trinajstić information content (AvgIpc) is 3.11. The molecule has 0 bridgehead atoms. The molecule has 1 atom stereocenters. The van der Waals surface area contributed by atoms with Crippen LogP contribution >= 0.6 is 0 Å². The summed E-state index contributed by atoms with van der Waals surface area (Å²) in [6, 6.07) is 0. The summed E-state index contributed by atoms with van der Waals surface area (Å²) in [4.78, 5) is 27.0. The highest BCUT2D eigenvalue weighted by atomic mass is 16.5. The van der Waals surface area contributed by atoms with Crippen LogP contribution < -0.4 is 0 Å². The second-order valence-electron chi connectivity index (χ2n) is 14.8. The molecule has 0 heterocycles. The molecule has 0 radical (unpaired) electrons. The van der Waals surface area contributed by atoms with Crippen molar-refractivity contribution in [2.24, 2.45) is 0 Å². The molecule has 1 N–H and O–H groups in total. The van der Waals surface area contributed by atoms with E-state index in [1.165, 1.54) is 89.9 Å². The van der Waals surface area contributed by atoms with Gasteiger partial charge in [0, 0.05) is 19.4 Å². The first-order valence-corrected chi connectivity index (χ1v) is 21.9. The van der Waals surface area contributed by atoms with E-state index in [9.17, 15) is 14.7 Å². The van der Waals surface area contributed by atoms with Crippen LogP contribution in [0.15, 0.2) is 12.2 Å². The molecule has 1 unspecified atom stereocenters. The van der Waals surface area contributed by atoms with Crippen LogP contribution in [0, 0.1) is 0 Å². The Balaban J connectivity index is 3.96. The summed E-state index contributed by atoms with van der Waals surface area (Å²) in [5, 5.41) is 9.53. The van der Waals surface area contributed by atoms with E-state index in [0.29, 0.717) is 19.4 Å². The highest BCUT2D eigenvalue weighted by Gasteiger charge is 2.14. The molecular weight excluding hydrogens is 622 g/mol. The van der Waals surface area contributed by atoms with Crippen LogP contribution in [0.4, 0.5) is 0 Å². The molecule has 0 spiro atoms. The quantitative estimate of drug-likeness (QED) is 0.0388. The topological polar surface area (TPSA) is 76.1 Å². The lowest BCUT2D eigenvalue weighted by Crippen LogP contribution is -2.29. The van der Waals surface area contributed by atoms with Gasteiger partial charge in [-0.25, -0.2) is 0 Å². The fourth-order valence-corrected chi connectivity index (χ4v) is 6.56. The number of nitrogens with zero attached hydrogens (tertiary/aromatic N) is 1. The molecule has 296 valence electrons. The monoisotopic (exact) mass is 708 g/mol. The molecule has 0 aromatic rings. The van der Waals surface area contributed by atoms with Crippen molar-refractivity contribution >= 4 is 11.9 Å². The Morgan fingerprint density at radius 3 is 1.58 bits per heavy atom. The Hall–Kier alpha value is -1.40. The van der Waals surface area contributed by atoms with Gasteiger partial charge in [-0.1, -0.05) is 155 Å². The molecule has 0 aliphatic heterocycles. The maximum atomic E-state index is 12.7. The minimum atomic E-state index is -0.0332. The van der Waals surface area contributed by atoms with Gasteiger partial charge < -0.3 is 19.5 Å². The van der Waals surface area contributed by atoms with E-state index < -0.39 is 0 Å². The molecule has 0 saturated carbocycles. The highest BCUT2D eigenvalue weighted by molar-refractivity contribution is 5.69. The Morgan fingerprint density at radius 1 is 0.520 bits per heavy atom. The number of unbranched alkanes of at least 4 members (excludes halogenated alkanes) is 21. The third-order valence-corrected chi connectivity index (χ3v) is 9.86. The molecule has 50 heavy (non-hydrogen) atoms. The highest BCUT2D eigenvalue weighted by Crippen LogP contribution is 2.17. The maximum absolute atomic E-state index is 12.7. The summed E-state index contributed by atoms with van der Waals surface area (Å²) in [5.74, 6) is -0.0436. The van der Waals surface area contributed by atoms with Gasteiger partial charge in [0.1, 0.15) is 6.10 Å². The predicted octanol–water partition coefficient (Wildman–Crippen LogP) is 12.4. The minimum Gasteiger partial charge on any atom is -0.466 e. The van der Waals surface area contributed by atoms with Crippen molar-refractivity contribution in [1.82, 2.24) is 4.90 Å². The summed E-state index contributed by atoms with van der Waals surface area (Å²) in [6.45, 7) is 10.3. The number of aliphatic hydroxyl groups excluding tert-OH is 1. The van der Waals surface area contributed by atoms with Crippen molar-refractivity contribution in [2.75, 3.05) is 32.8 Å². The largest absolute Gasteiger partial charge is 0.466 e. The first kappa shape index (κ1) is 48.6. The minimum absolute atomic E-state index is 0.0104. The van der Waals surface area contributed by atoms with Crippen LogP contribution in [-0.2, 0) is 19.1 Å². The lowest BCUT2D eigenvalue weighted by molar-refractivity contribution is -0.150. The third-order valence-electron chi connectivity index (χ3n) is 9.86. The molecule has 0 aromatic carbocycles. The van der Waals surface area contributed by atoms with Gasteiger partial charge in [0.15, 0.2) is 0 Å². The number of ether oxygens (including phenoxy) is 2. The zero-order valence-electron chi connectivity index (χ0n) is 33.7. The lowest BCUT2D eigenvalue weighted by Gasteiger charge is -2.21. The van der Waals surface area contributed by atoms with E-state index in [1.54, 1.807) is 0 Å². The Bertz CT molecular complexity index is 742. The van der Waals surface area contributed by atoms with Crippen molar-refractivity contribution < 1.29 is 24.2 Å². The number of carbonyl (C=O) groups is 2. The molecule has 0 saturated heterocycles. The molecule has 0 aliphatic rings. The fourth-order valence-electron chi connectivity index (χ4n) is 6.56. The molecule has 0 aliphatic carbocycles. The fraction of sp³-hybridized carbons (Fsp3) is 0.909. The zero-order chi connectivity index (χ0) is 36.6. The molecule has 6 heteroatoms. The summed E-state index contributed by atoms with van der Waals surface area (Å²) in [7, 11) is 0. The number of esters is 2. The normalized spacial score (nSPS) is 12.3. The van der Waals surface area contributed by atoms with Gasteiger partial charge in [-0.15, -0.1) is 0 Å². The molecule has 0 fully saturated rings. The summed E-state index contributed by atoms with van der Waals surface area (Å²) in [5.41, 5.74) is 0. The number of rotatable bonds is 40. The second kappa shape index (κ2) is 40.4. The van der Waals surface area contributed by atoms with Crippen LogP contribution in [0.3, 0.4) is 0 Å². The predicted molar refractivity (Wildman–Crippen MR) is 214 cm³/mol. The van der Waals surface area contributed by atoms with Crippen molar-refractivity contribution in [2.45, 2.75) is 226 Å². The number of aliphatic hydroxyl groups is 1. The molecule has 0 rings (SSSR count). The van der Waals surface area contributed by atoms with Crippen LogP contribution in [0.1, 0.15) is 220 Å². The Kier molecular flexibility index (Phi) is 39.2. The Labute approximate surface area is 311 Å². The first-order chi connectivity index (χ1) is 24.6. The molecule has 0 amide bonds. The second-order valence-corrected chi connectivity index (χ2v) is 14.8. The van der Waals surface area contributed by atoms with Gasteiger partial charge in [0.05, 0.1) is 13.2 Å². The van der Waals surface area contributed by atoms with Crippen LogP contribution in [0.2, 0.25) is 0 Å². The van der Waals surface area contributed by atoms with Crippen molar-refractivity contribution in [3.05, 3.63) is 12.2 Å². The Morgan fingerprint density at radius 2 is 1.00 bits per heavy atom. The molecule has 6 nitrogen and oxygen atoms in total. The van der Waals surface area contributed by atoms with Gasteiger partial charge in [0.2, 0.25) is 0 Å². The van der Waals surface area contributed by atoms with Gasteiger partial charge in [0.25, 0.3) is 0 Å². The van der Waals surface area contributed by atoms with Crippen molar-refractivity contribution in [3.8, 4) is 0 Å². The van der Waals surface area contributed by atoms with Crippen LogP contribution in [0.25, 0.3) is 0 Å². The van der Waals surface area contributed by atoms with Crippen molar-refractivity contribution in [3.63, 3.8) is 0 Å². The smallest absolute Gasteiger partial charge is 0.306 e. The van der Waals surface area contributed by atoms with Gasteiger partial charge in [-0.2, -0.15) is 0 Å². The van der Waals surface area contributed by atoms with Crippen LogP contribution in [0.5, 0.6) is 0 Å². The SMILES string of the molecule is CCCC/C=C\CCC(CCCCCCCC)OC(=O)CCCCCCCN(CCO)CCCCCCCC(=O)OCCCCCCCCC. The summed E-state index contributed by atoms with van der Waals surface area (Å²) >= 11 is 0. The number of hydrogen-bond acceptors (Lipinski definition) is 6. The number of allylic oxidation sites excluding steroid dienone is 2. The first-order valence-electron chi connectivity index (χ1n) is 21.9. The molecule has 0 aromatic heterocycles. The summed E-state index contributed by atoms with van der Waals surface area (Å²) in [6.07, 6.45) is 39.5. The average molecular weight is 708 g/mol. The maximum Gasteiger partial charge on any atom is 0.306 e.